The van der Waals surface area contributed by atoms with Gasteiger partial charge in [-0.1, -0.05) is 66.7 Å². The number of ketones is 1. The number of allylic oxidation sites excluding steroid dienone is 1. The third-order valence-electron chi connectivity index (χ3n) is 4.82. The average molecular weight is 387 g/mol. The number of aryl methyl sites for hydroxylation is 1. The maximum Gasteiger partial charge on any atom is 0.290 e. The van der Waals surface area contributed by atoms with Crippen LogP contribution in [0.25, 0.3) is 17.3 Å². The normalized spacial score (nSPS) is 11.0. The smallest absolute Gasteiger partial charge is 0.290 e. The molecule has 2 aromatic carbocycles. The van der Waals surface area contributed by atoms with Gasteiger partial charge >= 0.3 is 0 Å². The highest BCUT2D eigenvalue weighted by Crippen LogP contribution is 2.28. The van der Waals surface area contributed by atoms with Crippen LogP contribution < -0.4 is 10.5 Å². The number of hydrogen-bond acceptors (Lipinski definition) is 4. The van der Waals surface area contributed by atoms with E-state index in [2.05, 4.69) is 5.10 Å². The first-order valence-electron chi connectivity index (χ1n) is 9.76. The lowest BCUT2D eigenvalue weighted by Gasteiger charge is -2.24. The molecule has 0 N–H and O–H groups in total. The number of carbonyl (C=O) groups excluding carboxylic acids is 1. The van der Waals surface area contributed by atoms with Crippen LogP contribution in [0.1, 0.15) is 29.8 Å². The Morgan fingerprint density at radius 3 is 2.17 bits per heavy atom. The van der Waals surface area contributed by atoms with Gasteiger partial charge in [0.2, 0.25) is 0 Å². The fourth-order valence-corrected chi connectivity index (χ4v) is 3.30. The number of benzene rings is 2. The summed E-state index contributed by atoms with van der Waals surface area (Å²) in [5, 5.41) is 4.45. The molecular formula is C24H25N3O2. The topological polar surface area (TPSA) is 55.2 Å². The SMILES string of the molecule is CCN(CC)c1c(C(=O)/C=C/c2ccccc2)c(-c2ccccc2)nn(C)c1=O. The second-order valence-corrected chi connectivity index (χ2v) is 6.65. The van der Waals surface area contributed by atoms with E-state index in [1.807, 2.05) is 79.4 Å². The highest BCUT2D eigenvalue weighted by Gasteiger charge is 2.24. The van der Waals surface area contributed by atoms with Gasteiger partial charge in [-0.25, -0.2) is 4.68 Å². The summed E-state index contributed by atoms with van der Waals surface area (Å²) in [5.41, 5.74) is 2.70. The van der Waals surface area contributed by atoms with Crippen molar-refractivity contribution in [1.82, 2.24) is 9.78 Å². The number of anilines is 1. The highest BCUT2D eigenvalue weighted by atomic mass is 16.1. The van der Waals surface area contributed by atoms with Gasteiger partial charge in [0.1, 0.15) is 11.4 Å². The highest BCUT2D eigenvalue weighted by molar-refractivity contribution is 6.14. The van der Waals surface area contributed by atoms with Crippen LogP contribution in [0.2, 0.25) is 0 Å². The monoisotopic (exact) mass is 387 g/mol. The lowest BCUT2D eigenvalue weighted by Crippen LogP contribution is -2.35. The molecule has 5 heteroatoms. The molecule has 0 fully saturated rings. The number of aromatic nitrogens is 2. The molecular weight excluding hydrogens is 362 g/mol. The summed E-state index contributed by atoms with van der Waals surface area (Å²) in [6.45, 7) is 5.18. The fraction of sp³-hybridized carbons (Fsp3) is 0.208. The zero-order chi connectivity index (χ0) is 20.8. The van der Waals surface area contributed by atoms with Gasteiger partial charge in [0, 0.05) is 25.7 Å². The minimum Gasteiger partial charge on any atom is -0.367 e. The van der Waals surface area contributed by atoms with Crippen molar-refractivity contribution >= 4 is 17.5 Å². The molecule has 29 heavy (non-hydrogen) atoms. The maximum atomic E-state index is 13.3. The molecule has 0 atom stereocenters. The average Bonchev–Trinajstić information content (AvgIpc) is 2.76. The van der Waals surface area contributed by atoms with Crippen molar-refractivity contribution in [2.24, 2.45) is 7.05 Å². The van der Waals surface area contributed by atoms with E-state index in [0.717, 1.165) is 11.1 Å². The molecule has 0 aliphatic rings. The van der Waals surface area contributed by atoms with E-state index in [0.29, 0.717) is 30.0 Å². The zero-order valence-corrected chi connectivity index (χ0v) is 17.0. The summed E-state index contributed by atoms with van der Waals surface area (Å²) in [6.07, 6.45) is 3.28. The lowest BCUT2D eigenvalue weighted by atomic mass is 10.00. The maximum absolute atomic E-state index is 13.3. The van der Waals surface area contributed by atoms with Gasteiger partial charge in [-0.15, -0.1) is 0 Å². The van der Waals surface area contributed by atoms with Crippen LogP contribution in [0.4, 0.5) is 5.69 Å². The van der Waals surface area contributed by atoms with Crippen LogP contribution in [0.5, 0.6) is 0 Å². The Hall–Kier alpha value is -3.47. The van der Waals surface area contributed by atoms with Crippen molar-refractivity contribution < 1.29 is 4.79 Å². The summed E-state index contributed by atoms with van der Waals surface area (Å²) < 4.78 is 1.31. The number of rotatable bonds is 7. The van der Waals surface area contributed by atoms with Gasteiger partial charge < -0.3 is 4.90 Å². The Morgan fingerprint density at radius 2 is 1.59 bits per heavy atom. The minimum atomic E-state index is -0.273. The minimum absolute atomic E-state index is 0.236. The van der Waals surface area contributed by atoms with Crippen molar-refractivity contribution in [3.63, 3.8) is 0 Å². The Morgan fingerprint density at radius 1 is 1.00 bits per heavy atom. The first-order chi connectivity index (χ1) is 14.1. The molecule has 0 saturated heterocycles. The van der Waals surface area contributed by atoms with Crippen LogP contribution in [0.3, 0.4) is 0 Å². The van der Waals surface area contributed by atoms with Crippen molar-refractivity contribution in [3.05, 3.63) is 88.2 Å². The Balaban J connectivity index is 2.23. The fourth-order valence-electron chi connectivity index (χ4n) is 3.30. The Kier molecular flexibility index (Phi) is 6.39. The molecule has 1 heterocycles. The van der Waals surface area contributed by atoms with E-state index in [1.54, 1.807) is 13.1 Å². The number of hydrogen-bond donors (Lipinski definition) is 0. The largest absolute Gasteiger partial charge is 0.367 e. The van der Waals surface area contributed by atoms with E-state index in [-0.39, 0.29) is 11.3 Å². The predicted molar refractivity (Wildman–Crippen MR) is 118 cm³/mol. The molecule has 148 valence electrons. The van der Waals surface area contributed by atoms with Gasteiger partial charge in [0.25, 0.3) is 5.56 Å². The molecule has 1 aromatic heterocycles. The van der Waals surface area contributed by atoms with Crippen LogP contribution in [-0.2, 0) is 7.05 Å². The van der Waals surface area contributed by atoms with Crippen molar-refractivity contribution in [2.75, 3.05) is 18.0 Å². The number of carbonyl (C=O) groups is 1. The van der Waals surface area contributed by atoms with E-state index in [9.17, 15) is 9.59 Å². The van der Waals surface area contributed by atoms with Crippen LogP contribution in [0.15, 0.2) is 71.5 Å². The van der Waals surface area contributed by atoms with Crippen molar-refractivity contribution in [2.45, 2.75) is 13.8 Å². The van der Waals surface area contributed by atoms with Gasteiger partial charge in [0.05, 0.1) is 5.56 Å². The van der Waals surface area contributed by atoms with Gasteiger partial charge in [-0.3, -0.25) is 9.59 Å². The summed E-state index contributed by atoms with van der Waals surface area (Å²) in [7, 11) is 1.62. The molecule has 3 rings (SSSR count). The van der Waals surface area contributed by atoms with Gasteiger partial charge in [0.15, 0.2) is 5.78 Å². The Labute approximate surface area is 170 Å². The molecule has 0 saturated carbocycles. The second kappa shape index (κ2) is 9.15. The molecule has 0 radical (unpaired) electrons. The predicted octanol–water partition coefficient (Wildman–Crippen LogP) is 4.19. The summed E-state index contributed by atoms with van der Waals surface area (Å²) >= 11 is 0. The van der Waals surface area contributed by atoms with Crippen LogP contribution >= 0.6 is 0 Å². The zero-order valence-electron chi connectivity index (χ0n) is 17.0. The quantitative estimate of drug-likeness (QED) is 0.451. The summed E-state index contributed by atoms with van der Waals surface area (Å²) in [5.74, 6) is -0.236. The van der Waals surface area contributed by atoms with Gasteiger partial charge in [-0.05, 0) is 25.5 Å². The molecule has 0 unspecified atom stereocenters. The molecule has 0 spiro atoms. The molecule has 0 aliphatic heterocycles. The Bertz CT molecular complexity index is 1070. The van der Waals surface area contributed by atoms with E-state index in [1.165, 1.54) is 10.8 Å². The van der Waals surface area contributed by atoms with Crippen LogP contribution in [0, 0.1) is 0 Å². The van der Waals surface area contributed by atoms with Gasteiger partial charge in [-0.2, -0.15) is 5.10 Å². The van der Waals surface area contributed by atoms with E-state index in [4.69, 9.17) is 0 Å². The lowest BCUT2D eigenvalue weighted by molar-refractivity contribution is 0.104. The molecule has 5 nitrogen and oxygen atoms in total. The number of nitrogens with zero attached hydrogens (tertiary/aromatic N) is 3. The van der Waals surface area contributed by atoms with Crippen molar-refractivity contribution in [3.8, 4) is 11.3 Å². The third kappa shape index (κ3) is 4.35. The molecule has 0 amide bonds. The summed E-state index contributed by atoms with van der Waals surface area (Å²) in [6, 6.07) is 19.1. The van der Waals surface area contributed by atoms with E-state index < -0.39 is 0 Å². The first kappa shape index (κ1) is 20.3. The first-order valence-corrected chi connectivity index (χ1v) is 9.76. The molecule has 0 bridgehead atoms. The second-order valence-electron chi connectivity index (χ2n) is 6.65. The van der Waals surface area contributed by atoms with Crippen LogP contribution in [-0.4, -0.2) is 28.7 Å². The summed E-state index contributed by atoms with van der Waals surface area (Å²) in [4.78, 5) is 28.2. The van der Waals surface area contributed by atoms with E-state index >= 15 is 0 Å². The molecule has 0 aliphatic carbocycles. The third-order valence-corrected chi connectivity index (χ3v) is 4.82. The van der Waals surface area contributed by atoms with Crippen molar-refractivity contribution in [1.29, 1.82) is 0 Å². The standard InChI is InChI=1S/C24H25N3O2/c1-4-27(5-2)23-21(20(28)17-16-18-12-8-6-9-13-18)22(25-26(3)24(23)29)19-14-10-7-11-15-19/h6-17H,4-5H2,1-3H3/b17-16+. The molecule has 3 aromatic rings.